The van der Waals surface area contributed by atoms with Crippen molar-refractivity contribution >= 4 is 75.9 Å². The topological polar surface area (TPSA) is 204 Å². The summed E-state index contributed by atoms with van der Waals surface area (Å²) in [6.07, 6.45) is 2.40. The quantitative estimate of drug-likeness (QED) is 0.0575. The van der Waals surface area contributed by atoms with Crippen LogP contribution in [0, 0.1) is 5.92 Å². The Morgan fingerprint density at radius 3 is 2.40 bits per heavy atom. The summed E-state index contributed by atoms with van der Waals surface area (Å²) >= 11 is 0. The van der Waals surface area contributed by atoms with E-state index in [2.05, 4.69) is 58.4 Å². The minimum Gasteiger partial charge on any atom is -0.370 e. The SMILES string of the molecule is CC(=O)C[C@H](NC(=O)CNC(=O)[C@H](CCCN=C(N)NP)NC(=O)[C@@H]1CC[C@H]2C[C@@H](C)[C@@H](NP(P)P)C(=O)N21)C(C)=O. The number of piperidine rings is 1. The fourth-order valence-electron chi connectivity index (χ4n) is 5.21. The van der Waals surface area contributed by atoms with Crippen LogP contribution in [-0.4, -0.2) is 89.4 Å². The third-order valence-corrected chi connectivity index (χ3v) is 9.05. The van der Waals surface area contributed by atoms with Crippen LogP contribution in [0.2, 0.25) is 0 Å². The molecule has 42 heavy (non-hydrogen) atoms. The molecule has 2 saturated heterocycles. The largest absolute Gasteiger partial charge is 0.370 e. The summed E-state index contributed by atoms with van der Waals surface area (Å²) < 4.78 is 0. The van der Waals surface area contributed by atoms with Crippen LogP contribution in [0.1, 0.15) is 59.3 Å². The fourth-order valence-corrected chi connectivity index (χ4v) is 6.96. The minimum atomic E-state index is -1.01. The molecule has 0 aromatic rings. The molecule has 2 aliphatic heterocycles. The monoisotopic (exact) mass is 664 g/mol. The minimum absolute atomic E-state index is 0.0431. The van der Waals surface area contributed by atoms with Gasteiger partial charge in [0.2, 0.25) is 23.6 Å². The van der Waals surface area contributed by atoms with E-state index in [1.54, 1.807) is 4.90 Å². The zero-order chi connectivity index (χ0) is 31.6. The van der Waals surface area contributed by atoms with E-state index in [4.69, 9.17) is 5.73 Å². The Hall–Kier alpha value is -1.83. The third kappa shape index (κ3) is 11.0. The molecule has 0 aliphatic carbocycles. The lowest BCUT2D eigenvalue weighted by atomic mass is 9.88. The van der Waals surface area contributed by atoms with Crippen molar-refractivity contribution in [3.63, 3.8) is 0 Å². The first-order valence-electron chi connectivity index (χ1n) is 13.8. The zero-order valence-corrected chi connectivity index (χ0v) is 28.6. The van der Waals surface area contributed by atoms with Gasteiger partial charge in [-0.25, -0.2) is 0 Å². The van der Waals surface area contributed by atoms with Gasteiger partial charge in [-0.3, -0.25) is 38.8 Å². The van der Waals surface area contributed by atoms with Crippen molar-refractivity contribution in [1.29, 1.82) is 0 Å². The lowest BCUT2D eigenvalue weighted by Gasteiger charge is -2.42. The lowest BCUT2D eigenvalue weighted by molar-refractivity contribution is -0.146. The highest BCUT2D eigenvalue weighted by molar-refractivity contribution is 8.42. The molecular formula is C24H44N8O6P4. The van der Waals surface area contributed by atoms with Gasteiger partial charge in [0.15, 0.2) is 11.7 Å². The maximum Gasteiger partial charge on any atom is 0.243 e. The van der Waals surface area contributed by atoms with E-state index in [0.717, 1.165) is 6.42 Å². The second-order valence-corrected chi connectivity index (χ2v) is 17.2. The molecule has 0 bridgehead atoms. The van der Waals surface area contributed by atoms with E-state index < -0.39 is 55.9 Å². The van der Waals surface area contributed by atoms with Crippen LogP contribution in [-0.2, 0) is 28.8 Å². The molecule has 4 amide bonds. The van der Waals surface area contributed by atoms with Crippen molar-refractivity contribution in [2.24, 2.45) is 16.6 Å². The van der Waals surface area contributed by atoms with E-state index in [1.807, 2.05) is 6.92 Å². The van der Waals surface area contributed by atoms with Crippen molar-refractivity contribution in [3.8, 4) is 0 Å². The first-order chi connectivity index (χ1) is 19.7. The third-order valence-electron chi connectivity index (χ3n) is 7.28. The number of carbonyl (C=O) groups excluding carboxylic acids is 6. The predicted octanol–water partition coefficient (Wildman–Crippen LogP) is -0.550. The maximum atomic E-state index is 13.5. The van der Waals surface area contributed by atoms with Gasteiger partial charge in [0, 0.05) is 19.0 Å². The number of rotatable bonds is 15. The molecule has 9 atom stereocenters. The molecule has 18 heteroatoms. The molecule has 0 aromatic heterocycles. The van der Waals surface area contributed by atoms with Crippen molar-refractivity contribution in [1.82, 2.24) is 31.0 Å². The van der Waals surface area contributed by atoms with Crippen molar-refractivity contribution in [2.75, 3.05) is 13.1 Å². The van der Waals surface area contributed by atoms with Crippen molar-refractivity contribution in [3.05, 3.63) is 0 Å². The molecule has 0 saturated carbocycles. The number of fused-ring (bicyclic) bond motifs is 1. The van der Waals surface area contributed by atoms with Gasteiger partial charge in [-0.1, -0.05) is 24.8 Å². The van der Waals surface area contributed by atoms with Gasteiger partial charge in [-0.05, 0) is 68.7 Å². The molecule has 0 radical (unpaired) electrons. The summed E-state index contributed by atoms with van der Waals surface area (Å²) in [7, 11) is 6.84. The van der Waals surface area contributed by atoms with Gasteiger partial charge in [0.1, 0.15) is 17.9 Å². The molecule has 236 valence electrons. The van der Waals surface area contributed by atoms with Crippen LogP contribution in [0.3, 0.4) is 0 Å². The molecule has 14 nitrogen and oxygen atoms in total. The summed E-state index contributed by atoms with van der Waals surface area (Å²) in [6.45, 7) is 4.44. The number of hydrogen-bond acceptors (Lipinski definition) is 8. The van der Waals surface area contributed by atoms with E-state index in [0.29, 0.717) is 19.3 Å². The van der Waals surface area contributed by atoms with E-state index in [9.17, 15) is 28.8 Å². The molecule has 3 unspecified atom stereocenters. The molecular weight excluding hydrogens is 620 g/mol. The number of nitrogens with two attached hydrogens (primary N) is 1. The van der Waals surface area contributed by atoms with Gasteiger partial charge in [0.05, 0.1) is 18.6 Å². The summed E-state index contributed by atoms with van der Waals surface area (Å²) in [6, 6.07) is -3.15. The van der Waals surface area contributed by atoms with Gasteiger partial charge in [0.25, 0.3) is 0 Å². The number of hydrogen-bond donors (Lipinski definition) is 6. The highest BCUT2D eigenvalue weighted by Crippen LogP contribution is 2.50. The molecule has 2 fully saturated rings. The van der Waals surface area contributed by atoms with E-state index in [-0.39, 0.29) is 54.8 Å². The van der Waals surface area contributed by atoms with Crippen molar-refractivity contribution in [2.45, 2.75) is 89.5 Å². The summed E-state index contributed by atoms with van der Waals surface area (Å²) in [5, 5.41) is 13.7. The predicted molar refractivity (Wildman–Crippen MR) is 172 cm³/mol. The number of guanidine groups is 1. The summed E-state index contributed by atoms with van der Waals surface area (Å²) in [4.78, 5) is 81.5. The maximum absolute atomic E-state index is 13.5. The van der Waals surface area contributed by atoms with Crippen LogP contribution in [0.5, 0.6) is 0 Å². The first-order valence-corrected chi connectivity index (χ1v) is 18.9. The molecule has 7 N–H and O–H groups in total. The van der Waals surface area contributed by atoms with Gasteiger partial charge in [-0.15, -0.1) is 0 Å². The number of nitrogens with zero attached hydrogens (tertiary/aromatic N) is 2. The standard InChI is InChI=1S/C24H44N8O6P4/c1-12-9-15-6-7-18(32(15)23(38)20(12)31-42(40)41)22(37)29-16(5-4-8-26-24(25)30-39)21(36)27-11-19(35)28-17(14(3)34)10-13(2)33/h12,15-18,20,31H,4-11,39-41H2,1-3H3,(H,27,36)(H,28,35)(H,29,37)(H3,25,26,30)/t12-,15+,16+,17+,18+,20-/m1/s1. The van der Waals surface area contributed by atoms with Crippen LogP contribution in [0.4, 0.5) is 0 Å². The van der Waals surface area contributed by atoms with Crippen LogP contribution in [0.25, 0.3) is 0 Å². The fraction of sp³-hybridized carbons (Fsp3) is 0.708. The number of ketones is 2. The molecule has 0 aromatic carbocycles. The Bertz CT molecular complexity index is 1060. The number of amides is 4. The first kappa shape index (κ1) is 36.4. The number of Topliss-reactive ketones (excluding diaryl/α,β-unsaturated/α-hetero) is 2. The summed E-state index contributed by atoms with van der Waals surface area (Å²) in [5.41, 5.74) is 5.65. The molecule has 2 aliphatic rings. The highest BCUT2D eigenvalue weighted by atomic mass is 32.4. The number of nitrogens with one attached hydrogen (secondary N) is 5. The number of aliphatic imine (C=N–C) groups is 1. The number of carbonyl (C=O) groups is 6. The normalized spacial score (nSPS) is 23.5. The average Bonchev–Trinajstić information content (AvgIpc) is 3.34. The van der Waals surface area contributed by atoms with E-state index in [1.165, 1.54) is 13.8 Å². The van der Waals surface area contributed by atoms with Gasteiger partial charge >= 0.3 is 0 Å². The molecule has 2 rings (SSSR count). The van der Waals surface area contributed by atoms with Crippen LogP contribution < -0.4 is 31.9 Å². The average molecular weight is 665 g/mol. The Morgan fingerprint density at radius 1 is 1.12 bits per heavy atom. The smallest absolute Gasteiger partial charge is 0.243 e. The van der Waals surface area contributed by atoms with Crippen LogP contribution >= 0.6 is 34.7 Å². The van der Waals surface area contributed by atoms with Gasteiger partial charge in [-0.2, -0.15) is 0 Å². The lowest BCUT2D eigenvalue weighted by Crippen LogP contribution is -2.61. The Morgan fingerprint density at radius 2 is 1.81 bits per heavy atom. The molecule has 2 heterocycles. The highest BCUT2D eigenvalue weighted by Gasteiger charge is 2.48. The second-order valence-electron chi connectivity index (χ2n) is 10.7. The summed E-state index contributed by atoms with van der Waals surface area (Å²) in [5.74, 6) is -2.12. The molecule has 0 spiro atoms. The van der Waals surface area contributed by atoms with E-state index >= 15 is 0 Å². The Balaban J connectivity index is 2.10. The zero-order valence-electron chi connectivity index (χ0n) is 24.2. The Kier molecular flexibility index (Phi) is 15.1. The van der Waals surface area contributed by atoms with Crippen molar-refractivity contribution < 1.29 is 28.8 Å². The Labute approximate surface area is 254 Å². The van der Waals surface area contributed by atoms with Gasteiger partial charge < -0.3 is 31.7 Å². The van der Waals surface area contributed by atoms with Crippen LogP contribution in [0.15, 0.2) is 4.99 Å². The second kappa shape index (κ2) is 17.5.